The highest BCUT2D eigenvalue weighted by atomic mass is 16.5. The van der Waals surface area contributed by atoms with Gasteiger partial charge in [-0.2, -0.15) is 0 Å². The van der Waals surface area contributed by atoms with Crippen molar-refractivity contribution in [2.45, 2.75) is 25.4 Å². The van der Waals surface area contributed by atoms with Gasteiger partial charge < -0.3 is 19.5 Å². The smallest absolute Gasteiger partial charge is 0.335 e. The van der Waals surface area contributed by atoms with Crippen molar-refractivity contribution in [3.63, 3.8) is 0 Å². The molecule has 1 aliphatic heterocycles. The lowest BCUT2D eigenvalue weighted by Crippen LogP contribution is -2.44. The van der Waals surface area contributed by atoms with Gasteiger partial charge in [-0.1, -0.05) is 24.2 Å². The van der Waals surface area contributed by atoms with Gasteiger partial charge in [-0.3, -0.25) is 4.79 Å². The molecule has 29 heavy (non-hydrogen) atoms. The van der Waals surface area contributed by atoms with Gasteiger partial charge in [0, 0.05) is 17.2 Å². The maximum absolute atomic E-state index is 12.6. The van der Waals surface area contributed by atoms with E-state index in [4.69, 9.17) is 14.4 Å². The maximum Gasteiger partial charge on any atom is 0.335 e. The molecular formula is C22H19NO6. The molecule has 7 heteroatoms. The number of aliphatic hydroxyl groups is 1. The fourth-order valence-electron chi connectivity index (χ4n) is 3.38. The lowest BCUT2D eigenvalue weighted by molar-refractivity contribution is -0.00551. The van der Waals surface area contributed by atoms with Crippen molar-refractivity contribution in [3.05, 3.63) is 59.7 Å². The Morgan fingerprint density at radius 2 is 1.86 bits per heavy atom. The van der Waals surface area contributed by atoms with Crippen molar-refractivity contribution in [2.24, 2.45) is 0 Å². The molecule has 2 N–H and O–H groups in total. The summed E-state index contributed by atoms with van der Waals surface area (Å²) < 4.78 is 11.4. The second kappa shape index (κ2) is 7.18. The fraction of sp³-hybridized carbons (Fsp3) is 0.227. The average molecular weight is 393 g/mol. The molecule has 0 saturated heterocycles. The predicted molar refractivity (Wildman–Crippen MR) is 104 cm³/mol. The standard InChI is InChI=1S/C22H19NO6/c1-2-22(12-24)11-18(25)16-9-15(7-8-19(16)28-22)20-10-17(23-29-20)13-3-5-14(6-4-13)21(26)27/h3-10,24H,2,11-12H2,1H3,(H,26,27). The van der Waals surface area contributed by atoms with Gasteiger partial charge in [0.1, 0.15) is 17.0 Å². The number of Topliss-reactive ketones (excluding diaryl/α,β-unsaturated/α-hetero) is 1. The summed E-state index contributed by atoms with van der Waals surface area (Å²) in [6, 6.07) is 13.2. The van der Waals surface area contributed by atoms with Crippen LogP contribution >= 0.6 is 0 Å². The van der Waals surface area contributed by atoms with Crippen LogP contribution in [0.1, 0.15) is 40.5 Å². The number of carbonyl (C=O) groups excluding carboxylic acids is 1. The number of hydrogen-bond donors (Lipinski definition) is 2. The SMILES string of the molecule is CCC1(CO)CC(=O)c2cc(-c3cc(-c4ccc(C(=O)O)cc4)no3)ccc2O1. The first-order valence-corrected chi connectivity index (χ1v) is 9.22. The molecule has 0 amide bonds. The second-order valence-corrected chi connectivity index (χ2v) is 7.07. The number of benzene rings is 2. The first-order chi connectivity index (χ1) is 13.9. The van der Waals surface area contributed by atoms with Crippen molar-refractivity contribution in [1.82, 2.24) is 5.16 Å². The van der Waals surface area contributed by atoms with Crippen LogP contribution in [-0.4, -0.2) is 39.3 Å². The van der Waals surface area contributed by atoms with Crippen LogP contribution in [0.3, 0.4) is 0 Å². The van der Waals surface area contributed by atoms with Crippen LogP contribution in [-0.2, 0) is 0 Å². The minimum atomic E-state index is -0.994. The van der Waals surface area contributed by atoms with Crippen molar-refractivity contribution in [2.75, 3.05) is 6.61 Å². The number of carboxylic acids is 1. The number of fused-ring (bicyclic) bond motifs is 1. The molecule has 148 valence electrons. The Hall–Kier alpha value is -3.45. The van der Waals surface area contributed by atoms with E-state index in [1.165, 1.54) is 12.1 Å². The molecule has 7 nitrogen and oxygen atoms in total. The number of aromatic nitrogens is 1. The number of ether oxygens (including phenoxy) is 1. The molecule has 3 aromatic rings. The van der Waals surface area contributed by atoms with E-state index in [9.17, 15) is 14.7 Å². The molecule has 0 spiro atoms. The molecule has 1 atom stereocenters. The van der Waals surface area contributed by atoms with Crippen LogP contribution in [0.25, 0.3) is 22.6 Å². The van der Waals surface area contributed by atoms with Crippen LogP contribution in [0.2, 0.25) is 0 Å². The van der Waals surface area contributed by atoms with E-state index < -0.39 is 11.6 Å². The highest BCUT2D eigenvalue weighted by Gasteiger charge is 2.38. The highest BCUT2D eigenvalue weighted by molar-refractivity contribution is 6.01. The number of rotatable bonds is 5. The quantitative estimate of drug-likeness (QED) is 0.678. The van der Waals surface area contributed by atoms with Crippen molar-refractivity contribution < 1.29 is 29.1 Å². The van der Waals surface area contributed by atoms with Crippen molar-refractivity contribution in [3.8, 4) is 28.3 Å². The predicted octanol–water partition coefficient (Wildman–Crippen LogP) is 3.81. The van der Waals surface area contributed by atoms with Crippen molar-refractivity contribution in [1.29, 1.82) is 0 Å². The number of carbonyl (C=O) groups is 2. The maximum atomic E-state index is 12.6. The van der Waals surface area contributed by atoms with Gasteiger partial charge in [-0.15, -0.1) is 0 Å². The first kappa shape index (κ1) is 18.9. The van der Waals surface area contributed by atoms with E-state index >= 15 is 0 Å². The zero-order valence-corrected chi connectivity index (χ0v) is 15.7. The molecule has 0 bridgehead atoms. The van der Waals surface area contributed by atoms with Crippen molar-refractivity contribution >= 4 is 11.8 Å². The third-order valence-electron chi connectivity index (χ3n) is 5.24. The molecule has 1 aliphatic rings. The topological polar surface area (TPSA) is 110 Å². The summed E-state index contributed by atoms with van der Waals surface area (Å²) in [5, 5.41) is 22.7. The Morgan fingerprint density at radius 3 is 2.52 bits per heavy atom. The van der Waals surface area contributed by atoms with E-state index in [1.54, 1.807) is 36.4 Å². The number of aromatic carboxylic acids is 1. The highest BCUT2D eigenvalue weighted by Crippen LogP contribution is 2.37. The second-order valence-electron chi connectivity index (χ2n) is 7.07. The molecule has 4 rings (SSSR count). The van der Waals surface area contributed by atoms with Crippen LogP contribution in [0.4, 0.5) is 0 Å². The average Bonchev–Trinajstić information content (AvgIpc) is 3.23. The number of carboxylic acid groups (broad SMARTS) is 1. The molecule has 0 fully saturated rings. The van der Waals surface area contributed by atoms with E-state index in [2.05, 4.69) is 5.16 Å². The third-order valence-corrected chi connectivity index (χ3v) is 5.24. The third kappa shape index (κ3) is 3.40. The van der Waals surface area contributed by atoms with Gasteiger partial charge in [0.2, 0.25) is 0 Å². The van der Waals surface area contributed by atoms with Crippen LogP contribution in [0.5, 0.6) is 5.75 Å². The number of aliphatic hydroxyl groups excluding tert-OH is 1. The van der Waals surface area contributed by atoms with E-state index in [1.807, 2.05) is 6.92 Å². The molecule has 0 aliphatic carbocycles. The summed E-state index contributed by atoms with van der Waals surface area (Å²) in [7, 11) is 0. The Labute approximate surface area is 166 Å². The molecule has 2 heterocycles. The minimum absolute atomic E-state index is 0.0898. The van der Waals surface area contributed by atoms with Crippen LogP contribution in [0.15, 0.2) is 53.1 Å². The Kier molecular flexibility index (Phi) is 4.68. The van der Waals surface area contributed by atoms with Gasteiger partial charge in [-0.05, 0) is 36.8 Å². The fourth-order valence-corrected chi connectivity index (χ4v) is 3.38. The Morgan fingerprint density at radius 1 is 1.14 bits per heavy atom. The lowest BCUT2D eigenvalue weighted by atomic mass is 9.88. The molecule has 1 unspecified atom stereocenters. The van der Waals surface area contributed by atoms with E-state index in [-0.39, 0.29) is 24.4 Å². The first-order valence-electron chi connectivity index (χ1n) is 9.22. The lowest BCUT2D eigenvalue weighted by Gasteiger charge is -2.35. The number of hydrogen-bond acceptors (Lipinski definition) is 6. The van der Waals surface area contributed by atoms with Gasteiger partial charge in [-0.25, -0.2) is 4.79 Å². The summed E-state index contributed by atoms with van der Waals surface area (Å²) in [6.45, 7) is 1.66. The van der Waals surface area contributed by atoms with Gasteiger partial charge in [0.25, 0.3) is 0 Å². The molecule has 0 saturated carbocycles. The van der Waals surface area contributed by atoms with E-state index in [0.717, 1.165) is 5.56 Å². The zero-order valence-electron chi connectivity index (χ0n) is 15.7. The summed E-state index contributed by atoms with van der Waals surface area (Å²) in [6.07, 6.45) is 0.649. The van der Waals surface area contributed by atoms with Gasteiger partial charge >= 0.3 is 5.97 Å². The summed E-state index contributed by atoms with van der Waals surface area (Å²) in [5.41, 5.74) is 1.73. The number of nitrogens with zero attached hydrogens (tertiary/aromatic N) is 1. The summed E-state index contributed by atoms with van der Waals surface area (Å²) in [5.74, 6) is -0.156. The van der Waals surface area contributed by atoms with E-state index in [0.29, 0.717) is 34.8 Å². The molecule has 2 aromatic carbocycles. The largest absolute Gasteiger partial charge is 0.484 e. The Balaban J connectivity index is 1.63. The molecule has 0 radical (unpaired) electrons. The monoisotopic (exact) mass is 393 g/mol. The Bertz CT molecular complexity index is 1080. The normalized spacial score (nSPS) is 18.2. The van der Waals surface area contributed by atoms with Crippen LogP contribution < -0.4 is 4.74 Å². The van der Waals surface area contributed by atoms with Gasteiger partial charge in [0.05, 0.1) is 24.2 Å². The summed E-state index contributed by atoms with van der Waals surface area (Å²) in [4.78, 5) is 23.6. The molecule has 1 aromatic heterocycles. The number of ketones is 1. The van der Waals surface area contributed by atoms with Gasteiger partial charge in [0.15, 0.2) is 11.5 Å². The zero-order chi connectivity index (χ0) is 20.6. The summed E-state index contributed by atoms with van der Waals surface area (Å²) >= 11 is 0. The minimum Gasteiger partial charge on any atom is -0.484 e. The van der Waals surface area contributed by atoms with Crippen LogP contribution in [0, 0.1) is 0 Å². The molecular weight excluding hydrogens is 374 g/mol.